The van der Waals surface area contributed by atoms with Crippen LogP contribution in [0.3, 0.4) is 0 Å². The summed E-state index contributed by atoms with van der Waals surface area (Å²) in [5.41, 5.74) is 0.991. The Hall–Kier alpha value is -1.30. The van der Waals surface area contributed by atoms with Crippen LogP contribution >= 0.6 is 34.8 Å². The highest BCUT2D eigenvalue weighted by Gasteiger charge is 2.11. The number of amides is 1. The van der Waals surface area contributed by atoms with Crippen LogP contribution in [0, 0.1) is 0 Å². The highest BCUT2D eigenvalue weighted by atomic mass is 35.5. The molecule has 0 aromatic heterocycles. The third-order valence-corrected chi connectivity index (χ3v) is 3.56. The number of nitrogens with zero attached hydrogens (tertiary/aromatic N) is 1. The molecule has 0 fully saturated rings. The number of rotatable bonds is 7. The second-order valence-corrected chi connectivity index (χ2v) is 5.59. The molecule has 1 aromatic rings. The first-order valence-corrected chi connectivity index (χ1v) is 8.14. The zero-order valence-electron chi connectivity index (χ0n) is 12.5. The lowest BCUT2D eigenvalue weighted by Gasteiger charge is -2.06. The average Bonchev–Trinajstić information content (AvgIpc) is 2.49. The Labute approximate surface area is 149 Å². The van der Waals surface area contributed by atoms with Gasteiger partial charge in [-0.25, -0.2) is 4.79 Å². The summed E-state index contributed by atoms with van der Waals surface area (Å²) < 4.78 is 9.83. The van der Waals surface area contributed by atoms with E-state index in [1.807, 2.05) is 0 Å². The Morgan fingerprint density at radius 2 is 1.91 bits per heavy atom. The molecule has 0 atom stereocenters. The molecule has 0 saturated carbocycles. The van der Waals surface area contributed by atoms with Crippen molar-refractivity contribution in [2.45, 2.75) is 26.4 Å². The van der Waals surface area contributed by atoms with Crippen molar-refractivity contribution in [2.24, 2.45) is 4.99 Å². The van der Waals surface area contributed by atoms with Gasteiger partial charge in [-0.15, -0.1) is 11.6 Å². The zero-order valence-corrected chi connectivity index (χ0v) is 14.7. The van der Waals surface area contributed by atoms with E-state index in [0.29, 0.717) is 27.7 Å². The van der Waals surface area contributed by atoms with Gasteiger partial charge in [0.2, 0.25) is 0 Å². The number of aliphatic imine (C=N–C) groups is 1. The predicted molar refractivity (Wildman–Crippen MR) is 90.7 cm³/mol. The molecule has 126 valence electrons. The highest BCUT2D eigenvalue weighted by Crippen LogP contribution is 2.22. The first kappa shape index (κ1) is 19.7. The summed E-state index contributed by atoms with van der Waals surface area (Å²) in [5.74, 6) is -0.230. The van der Waals surface area contributed by atoms with E-state index in [1.54, 1.807) is 25.1 Å². The van der Waals surface area contributed by atoms with Gasteiger partial charge in [-0.05, 0) is 24.6 Å². The Bertz CT molecular complexity index is 590. The van der Waals surface area contributed by atoms with Gasteiger partial charge >= 0.3 is 12.1 Å². The van der Waals surface area contributed by atoms with E-state index in [1.165, 1.54) is 0 Å². The van der Waals surface area contributed by atoms with Crippen molar-refractivity contribution in [1.82, 2.24) is 0 Å². The number of esters is 1. The van der Waals surface area contributed by atoms with Crippen molar-refractivity contribution < 1.29 is 19.1 Å². The number of hydrogen-bond donors (Lipinski definition) is 0. The predicted octanol–water partition coefficient (Wildman–Crippen LogP) is 4.65. The number of hydrogen-bond acceptors (Lipinski definition) is 4. The SMILES string of the molecule is CCOC(=O)CC(CCCl)=NC(=O)OCc1ccc(Cl)c(Cl)c1. The quantitative estimate of drug-likeness (QED) is 0.392. The molecule has 0 radical (unpaired) electrons. The summed E-state index contributed by atoms with van der Waals surface area (Å²) in [4.78, 5) is 26.9. The maximum Gasteiger partial charge on any atom is 0.433 e. The lowest BCUT2D eigenvalue weighted by Crippen LogP contribution is -2.14. The Kier molecular flexibility index (Phi) is 8.99. The fraction of sp³-hybridized carbons (Fsp3) is 0.400. The van der Waals surface area contributed by atoms with Gasteiger partial charge in [-0.3, -0.25) is 4.79 Å². The molecule has 0 spiro atoms. The van der Waals surface area contributed by atoms with E-state index in [2.05, 4.69) is 4.99 Å². The second-order valence-electron chi connectivity index (χ2n) is 4.40. The van der Waals surface area contributed by atoms with Crippen molar-refractivity contribution >= 4 is 52.6 Å². The molecule has 1 aromatic carbocycles. The molecule has 0 heterocycles. The van der Waals surface area contributed by atoms with E-state index < -0.39 is 12.1 Å². The van der Waals surface area contributed by atoms with Crippen molar-refractivity contribution in [3.63, 3.8) is 0 Å². The fourth-order valence-corrected chi connectivity index (χ4v) is 2.15. The van der Waals surface area contributed by atoms with Crippen LogP contribution in [0.4, 0.5) is 4.79 Å². The van der Waals surface area contributed by atoms with Crippen LogP contribution < -0.4 is 0 Å². The van der Waals surface area contributed by atoms with Gasteiger partial charge in [0, 0.05) is 18.0 Å². The van der Waals surface area contributed by atoms with E-state index >= 15 is 0 Å². The summed E-state index contributed by atoms with van der Waals surface area (Å²) in [6, 6.07) is 4.89. The first-order chi connectivity index (χ1) is 11.0. The van der Waals surface area contributed by atoms with Gasteiger partial charge in [0.15, 0.2) is 0 Å². The molecule has 0 aliphatic heterocycles. The maximum absolute atomic E-state index is 11.7. The number of halogens is 3. The minimum absolute atomic E-state index is 0.00716. The van der Waals surface area contributed by atoms with Crippen LogP contribution in [0.15, 0.2) is 23.2 Å². The van der Waals surface area contributed by atoms with Crippen LogP contribution in [0.2, 0.25) is 10.0 Å². The largest absolute Gasteiger partial charge is 0.466 e. The molecule has 5 nitrogen and oxygen atoms in total. The van der Waals surface area contributed by atoms with E-state index in [-0.39, 0.29) is 25.5 Å². The minimum Gasteiger partial charge on any atom is -0.466 e. The molecule has 0 bridgehead atoms. The van der Waals surface area contributed by atoms with Crippen molar-refractivity contribution in [1.29, 1.82) is 0 Å². The standard InChI is InChI=1S/C15H16Cl3NO4/c1-2-22-14(20)8-11(5-6-16)19-15(21)23-9-10-3-4-12(17)13(18)7-10/h3-4,7H,2,5-6,8-9H2,1H3. The van der Waals surface area contributed by atoms with E-state index in [0.717, 1.165) is 0 Å². The van der Waals surface area contributed by atoms with Crippen molar-refractivity contribution in [3.8, 4) is 0 Å². The van der Waals surface area contributed by atoms with Gasteiger partial charge in [0.05, 0.1) is 23.1 Å². The molecular formula is C15H16Cl3NO4. The van der Waals surface area contributed by atoms with Crippen LogP contribution in [0.1, 0.15) is 25.3 Å². The molecule has 1 rings (SSSR count). The van der Waals surface area contributed by atoms with Crippen LogP contribution in [-0.4, -0.2) is 30.3 Å². The van der Waals surface area contributed by atoms with E-state index in [9.17, 15) is 9.59 Å². The number of benzene rings is 1. The molecule has 0 unspecified atom stereocenters. The third-order valence-electron chi connectivity index (χ3n) is 2.63. The minimum atomic E-state index is -0.805. The number of carbonyl (C=O) groups is 2. The topological polar surface area (TPSA) is 65.0 Å². The molecule has 23 heavy (non-hydrogen) atoms. The monoisotopic (exact) mass is 379 g/mol. The Morgan fingerprint density at radius 3 is 2.52 bits per heavy atom. The highest BCUT2D eigenvalue weighted by molar-refractivity contribution is 6.42. The molecule has 0 N–H and O–H groups in total. The van der Waals surface area contributed by atoms with Gasteiger partial charge < -0.3 is 9.47 Å². The van der Waals surface area contributed by atoms with Crippen LogP contribution in [-0.2, 0) is 20.9 Å². The van der Waals surface area contributed by atoms with Crippen molar-refractivity contribution in [2.75, 3.05) is 12.5 Å². The van der Waals surface area contributed by atoms with Gasteiger partial charge in [-0.1, -0.05) is 29.3 Å². The molecule has 0 aliphatic carbocycles. The summed E-state index contributed by atoms with van der Waals surface area (Å²) in [6.45, 7) is 1.95. The second kappa shape index (κ2) is 10.5. The number of carbonyl (C=O) groups excluding carboxylic acids is 2. The summed E-state index contributed by atoms with van der Waals surface area (Å²) in [5, 5.41) is 0.785. The fourth-order valence-electron chi connectivity index (χ4n) is 1.61. The summed E-state index contributed by atoms with van der Waals surface area (Å²) in [6.07, 6.45) is -0.606. The van der Waals surface area contributed by atoms with Crippen LogP contribution in [0.25, 0.3) is 0 Å². The van der Waals surface area contributed by atoms with Gasteiger partial charge in [-0.2, -0.15) is 4.99 Å². The zero-order chi connectivity index (χ0) is 17.2. The lowest BCUT2D eigenvalue weighted by atomic mass is 10.2. The summed E-state index contributed by atoms with van der Waals surface area (Å²) in [7, 11) is 0. The number of alkyl halides is 1. The molecule has 0 saturated heterocycles. The van der Waals surface area contributed by atoms with Crippen LogP contribution in [0.5, 0.6) is 0 Å². The lowest BCUT2D eigenvalue weighted by molar-refractivity contribution is -0.141. The van der Waals surface area contributed by atoms with Gasteiger partial charge in [0.1, 0.15) is 6.61 Å². The molecule has 8 heteroatoms. The molecular weight excluding hydrogens is 365 g/mol. The maximum atomic E-state index is 11.7. The average molecular weight is 381 g/mol. The summed E-state index contributed by atoms with van der Waals surface area (Å²) >= 11 is 17.3. The Balaban J connectivity index is 2.62. The molecule has 0 aliphatic rings. The first-order valence-electron chi connectivity index (χ1n) is 6.85. The van der Waals surface area contributed by atoms with Crippen molar-refractivity contribution in [3.05, 3.63) is 33.8 Å². The Morgan fingerprint density at radius 1 is 1.17 bits per heavy atom. The molecule has 1 amide bonds. The third kappa shape index (κ3) is 7.68. The van der Waals surface area contributed by atoms with E-state index in [4.69, 9.17) is 44.3 Å². The normalized spacial score (nSPS) is 11.2. The number of ether oxygens (including phenoxy) is 2. The van der Waals surface area contributed by atoms with Gasteiger partial charge in [0.25, 0.3) is 0 Å². The smallest absolute Gasteiger partial charge is 0.433 e.